The summed E-state index contributed by atoms with van der Waals surface area (Å²) in [6.07, 6.45) is 5.87. The zero-order valence-electron chi connectivity index (χ0n) is 17.1. The summed E-state index contributed by atoms with van der Waals surface area (Å²) in [5.74, 6) is -0.230. The van der Waals surface area contributed by atoms with E-state index in [1.807, 2.05) is 66.7 Å². The zero-order valence-corrected chi connectivity index (χ0v) is 17.1. The van der Waals surface area contributed by atoms with Crippen LogP contribution in [-0.4, -0.2) is 15.5 Å². The number of nitrogens with two attached hydrogens (primary N) is 1. The van der Waals surface area contributed by atoms with Crippen molar-refractivity contribution in [2.75, 3.05) is 0 Å². The molecule has 5 nitrogen and oxygen atoms in total. The van der Waals surface area contributed by atoms with Gasteiger partial charge in [-0.3, -0.25) is 19.1 Å². The third kappa shape index (κ3) is 4.68. The average Bonchev–Trinajstić information content (AvgIpc) is 2.83. The number of benzene rings is 2. The number of carbonyl (C=O) groups excluding carboxylic acids is 1. The fourth-order valence-corrected chi connectivity index (χ4v) is 3.61. The number of pyridine rings is 2. The monoisotopic (exact) mass is 409 g/mol. The molecule has 0 fully saturated rings. The minimum atomic E-state index is -0.344. The van der Waals surface area contributed by atoms with Gasteiger partial charge in [-0.15, -0.1) is 0 Å². The number of carbonyl (C=O) groups is 1. The van der Waals surface area contributed by atoms with Crippen LogP contribution in [0.3, 0.4) is 0 Å². The van der Waals surface area contributed by atoms with Crippen molar-refractivity contribution in [2.24, 2.45) is 5.73 Å². The summed E-state index contributed by atoms with van der Waals surface area (Å²) < 4.78 is 1.22. The second-order valence-electron chi connectivity index (χ2n) is 7.33. The maximum atomic E-state index is 12.9. The van der Waals surface area contributed by atoms with Gasteiger partial charge in [-0.05, 0) is 52.4 Å². The highest BCUT2D eigenvalue weighted by atomic mass is 16.2. The van der Waals surface area contributed by atoms with Crippen LogP contribution in [0.1, 0.15) is 22.3 Å². The van der Waals surface area contributed by atoms with Gasteiger partial charge >= 0.3 is 0 Å². The molecule has 2 aromatic heterocycles. The van der Waals surface area contributed by atoms with E-state index in [4.69, 9.17) is 5.73 Å². The summed E-state index contributed by atoms with van der Waals surface area (Å²) in [6, 6.07) is 22.8. The van der Waals surface area contributed by atoms with E-state index in [0.717, 1.165) is 33.4 Å². The molecule has 31 heavy (non-hydrogen) atoms. The maximum absolute atomic E-state index is 12.9. The predicted molar refractivity (Wildman–Crippen MR) is 123 cm³/mol. The van der Waals surface area contributed by atoms with E-state index in [1.54, 1.807) is 18.6 Å². The van der Waals surface area contributed by atoms with E-state index in [1.165, 1.54) is 10.6 Å². The van der Waals surface area contributed by atoms with E-state index < -0.39 is 0 Å². The Hall–Kier alpha value is -3.83. The molecule has 0 radical (unpaired) electrons. The van der Waals surface area contributed by atoms with Crippen molar-refractivity contribution < 1.29 is 4.79 Å². The molecule has 2 N–H and O–H groups in total. The molecule has 0 aliphatic rings. The van der Waals surface area contributed by atoms with Gasteiger partial charge in [0.2, 0.25) is 5.91 Å². The molecular weight excluding hydrogens is 386 g/mol. The largest absolute Gasteiger partial charge is 0.326 e. The molecule has 0 saturated carbocycles. The van der Waals surface area contributed by atoms with E-state index in [-0.39, 0.29) is 17.9 Å². The van der Waals surface area contributed by atoms with Crippen LogP contribution in [0.5, 0.6) is 0 Å². The summed E-state index contributed by atoms with van der Waals surface area (Å²) in [5, 5.41) is 0. The summed E-state index contributed by atoms with van der Waals surface area (Å²) in [5.41, 5.74) is 10.8. The summed E-state index contributed by atoms with van der Waals surface area (Å²) >= 11 is 0. The van der Waals surface area contributed by atoms with Crippen LogP contribution < -0.4 is 11.3 Å². The van der Waals surface area contributed by atoms with Crippen molar-refractivity contribution in [3.05, 3.63) is 113 Å². The lowest BCUT2D eigenvalue weighted by atomic mass is 9.95. The highest BCUT2D eigenvalue weighted by Gasteiger charge is 2.15. The van der Waals surface area contributed by atoms with Gasteiger partial charge in [-0.25, -0.2) is 0 Å². The van der Waals surface area contributed by atoms with Crippen LogP contribution in [-0.2, 0) is 13.0 Å². The molecule has 0 atom stereocenters. The first kappa shape index (κ1) is 20.4. The Morgan fingerprint density at radius 2 is 1.58 bits per heavy atom. The van der Waals surface area contributed by atoms with Gasteiger partial charge in [-0.2, -0.15) is 0 Å². The van der Waals surface area contributed by atoms with Crippen molar-refractivity contribution in [3.63, 3.8) is 0 Å². The van der Waals surface area contributed by atoms with Gasteiger partial charge in [0.15, 0.2) is 0 Å². The number of nitrogens with zero attached hydrogens (tertiary/aromatic N) is 2. The molecule has 2 heterocycles. The summed E-state index contributed by atoms with van der Waals surface area (Å²) in [6.45, 7) is 0.410. The van der Waals surface area contributed by atoms with E-state index >= 15 is 0 Å². The smallest absolute Gasteiger partial charge is 0.257 e. The fourth-order valence-electron chi connectivity index (χ4n) is 3.61. The third-order valence-corrected chi connectivity index (χ3v) is 5.26. The Labute approximate surface area is 180 Å². The molecule has 0 amide bonds. The highest BCUT2D eigenvalue weighted by Crippen LogP contribution is 2.31. The van der Waals surface area contributed by atoms with Crippen LogP contribution in [0.15, 0.2) is 96.2 Å². The molecule has 0 aliphatic heterocycles. The molecule has 0 spiro atoms. The lowest BCUT2D eigenvalue weighted by molar-refractivity contribution is 0.0899. The minimum absolute atomic E-state index is 0.230. The van der Waals surface area contributed by atoms with Gasteiger partial charge in [0.05, 0.1) is 0 Å². The lowest BCUT2D eigenvalue weighted by Crippen LogP contribution is -2.26. The second-order valence-corrected chi connectivity index (χ2v) is 7.33. The van der Waals surface area contributed by atoms with Crippen LogP contribution in [0, 0.1) is 0 Å². The van der Waals surface area contributed by atoms with Gasteiger partial charge in [0.25, 0.3) is 5.56 Å². The van der Waals surface area contributed by atoms with Crippen LogP contribution in [0.2, 0.25) is 0 Å². The van der Waals surface area contributed by atoms with Gasteiger partial charge < -0.3 is 5.73 Å². The van der Waals surface area contributed by atoms with Gasteiger partial charge in [-0.1, -0.05) is 48.5 Å². The Morgan fingerprint density at radius 3 is 2.32 bits per heavy atom. The maximum Gasteiger partial charge on any atom is 0.257 e. The summed E-state index contributed by atoms with van der Waals surface area (Å²) in [4.78, 5) is 29.9. The topological polar surface area (TPSA) is 78.0 Å². The van der Waals surface area contributed by atoms with Crippen molar-refractivity contribution >= 4 is 5.91 Å². The number of aromatic nitrogens is 2. The SMILES string of the molecule is NCc1cccc(-c2cc(=O)n(C(=O)CCc3ccccc3)cc2-c2ccncc2)c1. The number of hydrogen-bond acceptors (Lipinski definition) is 4. The van der Waals surface area contributed by atoms with Crippen LogP contribution >= 0.6 is 0 Å². The molecule has 0 bridgehead atoms. The Bertz CT molecular complexity index is 1250. The van der Waals surface area contributed by atoms with Crippen molar-refractivity contribution in [3.8, 4) is 22.3 Å². The fraction of sp³-hybridized carbons (Fsp3) is 0.115. The molecule has 0 unspecified atom stereocenters. The van der Waals surface area contributed by atoms with E-state index in [9.17, 15) is 9.59 Å². The van der Waals surface area contributed by atoms with Gasteiger partial charge in [0, 0.05) is 43.2 Å². The first-order chi connectivity index (χ1) is 15.2. The van der Waals surface area contributed by atoms with Crippen molar-refractivity contribution in [1.82, 2.24) is 9.55 Å². The number of hydrogen-bond donors (Lipinski definition) is 1. The van der Waals surface area contributed by atoms with Gasteiger partial charge in [0.1, 0.15) is 0 Å². The molecule has 0 saturated heterocycles. The minimum Gasteiger partial charge on any atom is -0.326 e. The first-order valence-electron chi connectivity index (χ1n) is 10.2. The molecule has 2 aromatic carbocycles. The van der Waals surface area contributed by atoms with E-state index in [0.29, 0.717) is 13.0 Å². The second kappa shape index (κ2) is 9.32. The molecule has 154 valence electrons. The van der Waals surface area contributed by atoms with Crippen molar-refractivity contribution in [1.29, 1.82) is 0 Å². The Kier molecular flexibility index (Phi) is 6.15. The number of aryl methyl sites for hydroxylation is 1. The standard InChI is InChI=1S/C26H23N3O2/c27-17-20-7-4-8-22(15-20)23-16-26(31)29(18-24(23)21-11-13-28-14-12-21)25(30)10-9-19-5-2-1-3-6-19/h1-8,11-16,18H,9-10,17,27H2. The molecule has 5 heteroatoms. The molecule has 4 rings (SSSR count). The lowest BCUT2D eigenvalue weighted by Gasteiger charge is -2.14. The molecule has 0 aliphatic carbocycles. The third-order valence-electron chi connectivity index (χ3n) is 5.26. The Morgan fingerprint density at radius 1 is 0.839 bits per heavy atom. The first-order valence-corrected chi connectivity index (χ1v) is 10.2. The van der Waals surface area contributed by atoms with Crippen molar-refractivity contribution in [2.45, 2.75) is 19.4 Å². The summed E-state index contributed by atoms with van der Waals surface area (Å²) in [7, 11) is 0. The molecule has 4 aromatic rings. The molecular formula is C26H23N3O2. The van der Waals surface area contributed by atoms with Crippen LogP contribution in [0.4, 0.5) is 0 Å². The quantitative estimate of drug-likeness (QED) is 0.515. The number of rotatable bonds is 6. The normalized spacial score (nSPS) is 10.7. The van der Waals surface area contributed by atoms with Crippen LogP contribution in [0.25, 0.3) is 22.3 Å². The predicted octanol–water partition coefficient (Wildman–Crippen LogP) is 4.31. The van der Waals surface area contributed by atoms with E-state index in [2.05, 4.69) is 4.98 Å². The highest BCUT2D eigenvalue weighted by molar-refractivity contribution is 5.86. The Balaban J connectivity index is 1.76. The zero-order chi connectivity index (χ0) is 21.6. The average molecular weight is 409 g/mol.